The summed E-state index contributed by atoms with van der Waals surface area (Å²) in [5, 5.41) is 23.7. The second-order valence-electron chi connectivity index (χ2n) is 9.86. The quantitative estimate of drug-likeness (QED) is 0.269. The minimum Gasteiger partial charge on any atom is -0.496 e. The highest BCUT2D eigenvalue weighted by Crippen LogP contribution is 2.47. The van der Waals surface area contributed by atoms with Gasteiger partial charge in [-0.25, -0.2) is 0 Å². The first kappa shape index (κ1) is 28.4. The minimum absolute atomic E-state index is 0.0988. The number of nitrogens with one attached hydrogen (secondary N) is 1. The number of benzene rings is 2. The van der Waals surface area contributed by atoms with Crippen molar-refractivity contribution in [3.05, 3.63) is 84.0 Å². The minimum atomic E-state index is -1.05. The van der Waals surface area contributed by atoms with Gasteiger partial charge in [0.2, 0.25) is 11.8 Å². The van der Waals surface area contributed by atoms with Gasteiger partial charge in [-0.15, -0.1) is 6.58 Å². The summed E-state index contributed by atoms with van der Waals surface area (Å²) in [5.74, 6) is 0.418. The molecule has 39 heavy (non-hydrogen) atoms. The third-order valence-corrected chi connectivity index (χ3v) is 7.42. The Bertz CT molecular complexity index is 1200. The molecule has 0 spiro atoms. The monoisotopic (exact) mass is 534 g/mol. The van der Waals surface area contributed by atoms with E-state index in [2.05, 4.69) is 11.9 Å². The Hall–Kier alpha value is -3.62. The highest BCUT2D eigenvalue weighted by atomic mass is 16.5. The van der Waals surface area contributed by atoms with Crippen LogP contribution in [0, 0.1) is 0 Å². The first-order valence-corrected chi connectivity index (χ1v) is 13.6. The highest BCUT2D eigenvalue weighted by Gasteiger charge is 2.50. The van der Waals surface area contributed by atoms with Crippen LogP contribution in [-0.4, -0.2) is 72.0 Å². The maximum atomic E-state index is 13.6. The Balaban J connectivity index is 1.68. The largest absolute Gasteiger partial charge is 0.496 e. The van der Waals surface area contributed by atoms with Gasteiger partial charge in [0.25, 0.3) is 0 Å². The third kappa shape index (κ3) is 6.34. The van der Waals surface area contributed by atoms with E-state index in [1.807, 2.05) is 54.6 Å². The predicted molar refractivity (Wildman–Crippen MR) is 149 cm³/mol. The molecule has 2 aromatic carbocycles. The summed E-state index contributed by atoms with van der Waals surface area (Å²) in [6, 6.07) is 14.3. The lowest BCUT2D eigenvalue weighted by molar-refractivity contribution is -0.137. The molecule has 2 aromatic rings. The number of para-hydroxylation sites is 2. The van der Waals surface area contributed by atoms with Gasteiger partial charge in [0.15, 0.2) is 0 Å². The molecule has 2 amide bonds. The van der Waals surface area contributed by atoms with Crippen LogP contribution in [0.2, 0.25) is 0 Å². The number of allylic oxidation sites excluding steroid dienone is 1. The number of aliphatic hydroxyl groups excluding tert-OH is 2. The second-order valence-corrected chi connectivity index (χ2v) is 9.86. The molecule has 0 fully saturated rings. The molecule has 1 aliphatic heterocycles. The second kappa shape index (κ2) is 13.4. The fourth-order valence-electron chi connectivity index (χ4n) is 5.49. The fraction of sp³-hybridized carbons (Fsp3) is 0.419. The predicted octanol–water partition coefficient (Wildman–Crippen LogP) is 3.14. The van der Waals surface area contributed by atoms with Crippen LogP contribution in [0.5, 0.6) is 11.5 Å². The third-order valence-electron chi connectivity index (χ3n) is 7.42. The van der Waals surface area contributed by atoms with Gasteiger partial charge in [0, 0.05) is 30.6 Å². The van der Waals surface area contributed by atoms with Crippen molar-refractivity contribution in [3.63, 3.8) is 0 Å². The lowest BCUT2D eigenvalue weighted by Crippen LogP contribution is -2.56. The van der Waals surface area contributed by atoms with E-state index in [1.54, 1.807) is 18.1 Å². The molecule has 3 N–H and O–H groups in total. The van der Waals surface area contributed by atoms with Crippen molar-refractivity contribution in [1.82, 2.24) is 10.2 Å². The summed E-state index contributed by atoms with van der Waals surface area (Å²) in [6.45, 7) is 3.99. The van der Waals surface area contributed by atoms with Crippen molar-refractivity contribution in [2.45, 2.75) is 56.3 Å². The number of rotatable bonds is 13. The van der Waals surface area contributed by atoms with Crippen LogP contribution in [0.25, 0.3) is 0 Å². The van der Waals surface area contributed by atoms with E-state index in [9.17, 15) is 19.8 Å². The summed E-state index contributed by atoms with van der Waals surface area (Å²) in [6.07, 6.45) is 4.97. The zero-order valence-corrected chi connectivity index (χ0v) is 22.4. The molecular weight excluding hydrogens is 496 g/mol. The number of hydrogen-bond donors (Lipinski definition) is 3. The first-order valence-electron chi connectivity index (χ1n) is 13.6. The van der Waals surface area contributed by atoms with Gasteiger partial charge >= 0.3 is 0 Å². The van der Waals surface area contributed by atoms with Crippen molar-refractivity contribution in [2.24, 2.45) is 0 Å². The van der Waals surface area contributed by atoms with Crippen molar-refractivity contribution >= 4 is 11.8 Å². The van der Waals surface area contributed by atoms with Crippen LogP contribution in [0.1, 0.15) is 42.7 Å². The zero-order valence-electron chi connectivity index (χ0n) is 22.4. The summed E-state index contributed by atoms with van der Waals surface area (Å²) in [4.78, 5) is 28.6. The number of nitrogens with zero attached hydrogens (tertiary/aromatic N) is 1. The summed E-state index contributed by atoms with van der Waals surface area (Å²) >= 11 is 0. The van der Waals surface area contributed by atoms with Crippen LogP contribution in [0.15, 0.2) is 72.8 Å². The molecule has 0 saturated heterocycles. The van der Waals surface area contributed by atoms with Gasteiger partial charge < -0.3 is 29.9 Å². The lowest BCUT2D eigenvalue weighted by atomic mass is 9.77. The van der Waals surface area contributed by atoms with Crippen molar-refractivity contribution in [2.75, 3.05) is 26.8 Å². The van der Waals surface area contributed by atoms with Crippen LogP contribution < -0.4 is 14.8 Å². The van der Waals surface area contributed by atoms with E-state index in [4.69, 9.17) is 9.47 Å². The Kier molecular flexibility index (Phi) is 9.79. The van der Waals surface area contributed by atoms with E-state index >= 15 is 0 Å². The molecule has 1 heterocycles. The Morgan fingerprint density at radius 3 is 2.69 bits per heavy atom. The van der Waals surface area contributed by atoms with Crippen molar-refractivity contribution in [3.8, 4) is 11.5 Å². The number of amides is 2. The molecule has 208 valence electrons. The van der Waals surface area contributed by atoms with Gasteiger partial charge in [-0.3, -0.25) is 9.59 Å². The molecule has 8 heteroatoms. The molecule has 8 nitrogen and oxygen atoms in total. The van der Waals surface area contributed by atoms with E-state index in [1.165, 1.54) is 0 Å². The van der Waals surface area contributed by atoms with Gasteiger partial charge in [-0.2, -0.15) is 0 Å². The summed E-state index contributed by atoms with van der Waals surface area (Å²) in [7, 11) is 1.61. The van der Waals surface area contributed by atoms with E-state index in [0.717, 1.165) is 29.7 Å². The number of carbonyl (C=O) groups is 2. The number of aliphatic hydroxyl groups is 2. The van der Waals surface area contributed by atoms with Gasteiger partial charge in [0.1, 0.15) is 23.7 Å². The Morgan fingerprint density at radius 1 is 1.15 bits per heavy atom. The molecule has 1 aliphatic carbocycles. The smallest absolute Gasteiger partial charge is 0.247 e. The van der Waals surface area contributed by atoms with Crippen LogP contribution in [0.3, 0.4) is 0 Å². The number of ether oxygens (including phenoxy) is 2. The maximum absolute atomic E-state index is 13.6. The molecule has 0 aromatic heterocycles. The first-order chi connectivity index (χ1) is 19.0. The van der Waals surface area contributed by atoms with Crippen LogP contribution in [0.4, 0.5) is 0 Å². The molecule has 0 bridgehead atoms. The maximum Gasteiger partial charge on any atom is 0.247 e. The SMILES string of the molecule is C=CCCCCC(=O)N(CCc1ccccc1OC)[C@@H]1C=C(C(=O)NCCO)[C@@H]2c3ccccc3O[C@@H]2[C@H]1O. The molecular formula is C31H38N2O6. The van der Waals surface area contributed by atoms with Crippen LogP contribution >= 0.6 is 0 Å². The summed E-state index contributed by atoms with van der Waals surface area (Å²) < 4.78 is 11.7. The fourth-order valence-corrected chi connectivity index (χ4v) is 5.49. The molecule has 0 saturated carbocycles. The Labute approximate surface area is 229 Å². The van der Waals surface area contributed by atoms with Gasteiger partial charge in [-0.05, 0) is 49.5 Å². The molecule has 0 unspecified atom stereocenters. The number of unbranched alkanes of at least 4 members (excludes halogenated alkanes) is 2. The molecule has 4 atom stereocenters. The molecule has 2 aliphatic rings. The molecule has 0 radical (unpaired) electrons. The zero-order chi connectivity index (χ0) is 27.8. The topological polar surface area (TPSA) is 108 Å². The summed E-state index contributed by atoms with van der Waals surface area (Å²) in [5.41, 5.74) is 2.19. The van der Waals surface area contributed by atoms with Gasteiger partial charge in [-0.1, -0.05) is 42.5 Å². The standard InChI is InChI=1S/C31H38N2O6/c1-3-4-5-6-15-27(35)33(18-16-21-11-7-9-13-25(21)38-2)24-20-23(31(37)32-17-19-34)28-22-12-8-10-14-26(22)39-30(28)29(24)36/h3,7-14,20,24,28-30,34,36H,1,4-6,15-19H2,2H3,(H,32,37)/t24-,28+,29+,30+/m1/s1. The van der Waals surface area contributed by atoms with E-state index in [0.29, 0.717) is 37.1 Å². The normalized spacial score (nSPS) is 21.2. The van der Waals surface area contributed by atoms with E-state index < -0.39 is 24.2 Å². The molecule has 4 rings (SSSR count). The number of fused-ring (bicyclic) bond motifs is 3. The number of methoxy groups -OCH3 is 1. The van der Waals surface area contributed by atoms with E-state index in [-0.39, 0.29) is 25.0 Å². The highest BCUT2D eigenvalue weighted by molar-refractivity contribution is 5.96. The number of hydrogen-bond acceptors (Lipinski definition) is 6. The number of carbonyl (C=O) groups excluding carboxylic acids is 2. The lowest BCUT2D eigenvalue weighted by Gasteiger charge is -2.41. The van der Waals surface area contributed by atoms with Crippen LogP contribution in [-0.2, 0) is 16.0 Å². The average molecular weight is 535 g/mol. The Morgan fingerprint density at radius 2 is 1.92 bits per heavy atom. The van der Waals surface area contributed by atoms with Crippen molar-refractivity contribution in [1.29, 1.82) is 0 Å². The van der Waals surface area contributed by atoms with Gasteiger partial charge in [0.05, 0.1) is 25.7 Å². The van der Waals surface area contributed by atoms with Crippen molar-refractivity contribution < 1.29 is 29.3 Å². The average Bonchev–Trinajstić information content (AvgIpc) is 3.35.